The quantitative estimate of drug-likeness (QED) is 0.375. The predicted octanol–water partition coefficient (Wildman–Crippen LogP) is 5.93. The molecule has 0 saturated carbocycles. The van der Waals surface area contributed by atoms with E-state index in [0.29, 0.717) is 11.0 Å². The van der Waals surface area contributed by atoms with E-state index in [9.17, 15) is 15.0 Å². The van der Waals surface area contributed by atoms with E-state index in [1.54, 1.807) is 10.6 Å². The molecule has 0 unspecified atom stereocenters. The summed E-state index contributed by atoms with van der Waals surface area (Å²) < 4.78 is 2.44. The van der Waals surface area contributed by atoms with Crippen molar-refractivity contribution in [1.82, 2.24) is 4.57 Å². The van der Waals surface area contributed by atoms with Gasteiger partial charge in [0, 0.05) is 16.4 Å². The van der Waals surface area contributed by atoms with E-state index in [2.05, 4.69) is 33.1 Å². The number of aryl methyl sites for hydroxylation is 1. The number of hydrogen-bond donors (Lipinski definition) is 2. The Balaban J connectivity index is 1.96. The van der Waals surface area contributed by atoms with Gasteiger partial charge in [-0.15, -0.1) is 10.2 Å². The summed E-state index contributed by atoms with van der Waals surface area (Å²) in [5, 5.41) is 28.9. The first-order chi connectivity index (χ1) is 13.0. The van der Waals surface area contributed by atoms with Gasteiger partial charge in [0.25, 0.3) is 5.91 Å². The summed E-state index contributed by atoms with van der Waals surface area (Å²) in [7, 11) is 0. The molecule has 0 saturated heterocycles. The molecule has 27 heavy (non-hydrogen) atoms. The topological polar surface area (TPSA) is 87.2 Å². The molecule has 0 aliphatic heterocycles. The van der Waals surface area contributed by atoms with Crippen molar-refractivity contribution in [3.63, 3.8) is 0 Å². The molecule has 1 aromatic heterocycles. The number of unbranched alkanes of at least 4 members (excludes halogenated alkanes) is 2. The average molecular weight is 430 g/mol. The minimum atomic E-state index is -0.684. The van der Waals surface area contributed by atoms with Gasteiger partial charge in [-0.1, -0.05) is 53.9 Å². The van der Waals surface area contributed by atoms with Crippen molar-refractivity contribution in [1.29, 1.82) is 0 Å². The number of hydrogen-bond acceptors (Lipinski definition) is 4. The number of carbonyl (C=O) groups excluding carboxylic acids is 1. The maximum atomic E-state index is 12.3. The Hall–Kier alpha value is -2.67. The first-order valence-electron chi connectivity index (χ1n) is 8.77. The summed E-state index contributed by atoms with van der Waals surface area (Å²) in [6, 6.07) is 12.0. The second-order valence-electron chi connectivity index (χ2n) is 6.21. The van der Waals surface area contributed by atoms with Crippen molar-refractivity contribution in [2.45, 2.75) is 32.7 Å². The highest BCUT2D eigenvalue weighted by atomic mass is 79.9. The van der Waals surface area contributed by atoms with E-state index in [-0.39, 0.29) is 22.9 Å². The SMILES string of the molecule is CCCCCn1c(O)c(N=NC(=O)c2cc(Br)ccc2O)c2ccccc21. The molecule has 7 heteroatoms. The number of aromatic nitrogens is 1. The number of phenols is 1. The van der Waals surface area contributed by atoms with Gasteiger partial charge < -0.3 is 14.8 Å². The smallest absolute Gasteiger partial charge is 0.299 e. The van der Waals surface area contributed by atoms with Crippen LogP contribution in [0.3, 0.4) is 0 Å². The van der Waals surface area contributed by atoms with Crippen LogP contribution in [-0.4, -0.2) is 20.7 Å². The fraction of sp³-hybridized carbons (Fsp3) is 0.250. The molecule has 3 aromatic rings. The van der Waals surface area contributed by atoms with Gasteiger partial charge in [0.2, 0.25) is 5.88 Å². The van der Waals surface area contributed by atoms with Crippen LogP contribution in [0.1, 0.15) is 36.5 Å². The van der Waals surface area contributed by atoms with E-state index < -0.39 is 5.91 Å². The van der Waals surface area contributed by atoms with Crippen molar-refractivity contribution in [2.24, 2.45) is 10.2 Å². The lowest BCUT2D eigenvalue weighted by Crippen LogP contribution is -1.96. The van der Waals surface area contributed by atoms with E-state index in [0.717, 1.165) is 30.2 Å². The number of phenolic OH excluding ortho intramolecular Hbond substituents is 1. The highest BCUT2D eigenvalue weighted by molar-refractivity contribution is 9.10. The summed E-state index contributed by atoms with van der Waals surface area (Å²) in [6.45, 7) is 2.78. The van der Waals surface area contributed by atoms with Crippen LogP contribution in [0.4, 0.5) is 5.69 Å². The number of azo groups is 1. The zero-order valence-corrected chi connectivity index (χ0v) is 16.5. The molecule has 3 rings (SSSR count). The van der Waals surface area contributed by atoms with E-state index in [4.69, 9.17) is 0 Å². The van der Waals surface area contributed by atoms with Gasteiger partial charge in [-0.2, -0.15) is 0 Å². The van der Waals surface area contributed by atoms with Crippen LogP contribution in [0.5, 0.6) is 11.6 Å². The zero-order valence-electron chi connectivity index (χ0n) is 14.9. The Kier molecular flexibility index (Phi) is 5.91. The summed E-state index contributed by atoms with van der Waals surface area (Å²) in [5.41, 5.74) is 1.14. The molecule has 2 N–H and O–H groups in total. The first kappa shape index (κ1) is 19.1. The molecule has 6 nitrogen and oxygen atoms in total. The molecule has 0 aliphatic carbocycles. The Bertz CT molecular complexity index is 1010. The van der Waals surface area contributed by atoms with Gasteiger partial charge in [-0.25, -0.2) is 0 Å². The fourth-order valence-electron chi connectivity index (χ4n) is 2.95. The number of rotatable bonds is 6. The van der Waals surface area contributed by atoms with Gasteiger partial charge in [-0.05, 0) is 30.7 Å². The number of amides is 1. The van der Waals surface area contributed by atoms with Gasteiger partial charge in [0.05, 0.1) is 11.1 Å². The maximum absolute atomic E-state index is 12.3. The second-order valence-corrected chi connectivity index (χ2v) is 7.13. The molecule has 0 radical (unpaired) electrons. The zero-order chi connectivity index (χ0) is 19.4. The second kappa shape index (κ2) is 8.35. The van der Waals surface area contributed by atoms with Crippen LogP contribution < -0.4 is 0 Å². The van der Waals surface area contributed by atoms with Crippen LogP contribution in [0.2, 0.25) is 0 Å². The highest BCUT2D eigenvalue weighted by Crippen LogP contribution is 2.39. The number of para-hydroxylation sites is 1. The monoisotopic (exact) mass is 429 g/mol. The van der Waals surface area contributed by atoms with Crippen LogP contribution in [0.15, 0.2) is 57.2 Å². The van der Waals surface area contributed by atoms with Gasteiger partial charge in [0.1, 0.15) is 5.75 Å². The Morgan fingerprint density at radius 3 is 2.70 bits per heavy atom. The van der Waals surface area contributed by atoms with Crippen molar-refractivity contribution >= 4 is 38.4 Å². The van der Waals surface area contributed by atoms with Gasteiger partial charge >= 0.3 is 0 Å². The van der Waals surface area contributed by atoms with Crippen molar-refractivity contribution in [3.05, 3.63) is 52.5 Å². The van der Waals surface area contributed by atoms with Crippen molar-refractivity contribution in [3.8, 4) is 11.6 Å². The van der Waals surface area contributed by atoms with Crippen LogP contribution in [0.25, 0.3) is 10.9 Å². The molecule has 140 valence electrons. The molecule has 0 fully saturated rings. The minimum absolute atomic E-state index is 0.0117. The average Bonchev–Trinajstić information content (AvgIpc) is 2.93. The van der Waals surface area contributed by atoms with Crippen LogP contribution >= 0.6 is 15.9 Å². The minimum Gasteiger partial charge on any atom is -0.507 e. The van der Waals surface area contributed by atoms with E-state index >= 15 is 0 Å². The molecule has 0 atom stereocenters. The van der Waals surface area contributed by atoms with Crippen LogP contribution in [0, 0.1) is 0 Å². The molecule has 0 spiro atoms. The summed E-state index contributed by atoms with van der Waals surface area (Å²) >= 11 is 3.26. The molecule has 1 heterocycles. The largest absolute Gasteiger partial charge is 0.507 e. The standard InChI is InChI=1S/C20H20BrN3O3/c1-2-3-6-11-24-16-8-5-4-7-14(16)18(20(24)27)22-23-19(26)15-12-13(21)9-10-17(15)25/h4-5,7-10,12,25,27H,2-3,6,11H2,1H3. The number of halogens is 1. The van der Waals surface area contributed by atoms with Gasteiger partial charge in [-0.3, -0.25) is 4.79 Å². The van der Waals surface area contributed by atoms with Crippen molar-refractivity contribution in [2.75, 3.05) is 0 Å². The molecule has 0 bridgehead atoms. The Labute approximate surface area is 165 Å². The third-order valence-electron chi connectivity index (χ3n) is 4.33. The fourth-order valence-corrected chi connectivity index (χ4v) is 3.31. The normalized spacial score (nSPS) is 11.5. The summed E-state index contributed by atoms with van der Waals surface area (Å²) in [6.07, 6.45) is 3.07. The molecular weight excluding hydrogens is 410 g/mol. The molecule has 0 aliphatic rings. The Morgan fingerprint density at radius 1 is 1.15 bits per heavy atom. The lowest BCUT2D eigenvalue weighted by atomic mass is 10.2. The number of carbonyl (C=O) groups is 1. The number of nitrogens with zero attached hydrogens (tertiary/aromatic N) is 3. The highest BCUT2D eigenvalue weighted by Gasteiger charge is 2.17. The maximum Gasteiger partial charge on any atom is 0.299 e. The van der Waals surface area contributed by atoms with E-state index in [1.165, 1.54) is 12.1 Å². The molecule has 2 aromatic carbocycles. The number of fused-ring (bicyclic) bond motifs is 1. The Morgan fingerprint density at radius 2 is 1.93 bits per heavy atom. The summed E-state index contributed by atoms with van der Waals surface area (Å²) in [4.78, 5) is 12.3. The van der Waals surface area contributed by atoms with Crippen LogP contribution in [-0.2, 0) is 6.54 Å². The predicted molar refractivity (Wildman–Crippen MR) is 108 cm³/mol. The van der Waals surface area contributed by atoms with Crippen molar-refractivity contribution < 1.29 is 15.0 Å². The lowest BCUT2D eigenvalue weighted by molar-refractivity contribution is 0.0992. The first-order valence-corrected chi connectivity index (χ1v) is 9.57. The molecular formula is C20H20BrN3O3. The van der Waals surface area contributed by atoms with Gasteiger partial charge in [0.15, 0.2) is 5.69 Å². The third kappa shape index (κ3) is 4.03. The lowest BCUT2D eigenvalue weighted by Gasteiger charge is -2.05. The third-order valence-corrected chi connectivity index (χ3v) is 4.83. The van der Waals surface area contributed by atoms with E-state index in [1.807, 2.05) is 24.3 Å². The molecule has 1 amide bonds. The number of benzene rings is 2. The summed E-state index contributed by atoms with van der Waals surface area (Å²) in [5.74, 6) is -0.869. The number of aromatic hydroxyl groups is 2.